The van der Waals surface area contributed by atoms with E-state index in [0.29, 0.717) is 11.1 Å². The summed E-state index contributed by atoms with van der Waals surface area (Å²) in [6.07, 6.45) is 2.18. The second-order valence-electron chi connectivity index (χ2n) is 3.44. The van der Waals surface area contributed by atoms with Crippen molar-refractivity contribution in [1.29, 1.82) is 0 Å². The molecule has 1 heterocycles. The average Bonchev–Trinajstić information content (AvgIpc) is 2.39. The SMILES string of the molecule is O=Cc1ccc(-c2cccnc2C(=O)O)cc1. The first kappa shape index (κ1) is 11.0. The zero-order chi connectivity index (χ0) is 12.3. The van der Waals surface area contributed by atoms with Crippen LogP contribution >= 0.6 is 0 Å². The summed E-state index contributed by atoms with van der Waals surface area (Å²) < 4.78 is 0. The minimum Gasteiger partial charge on any atom is -0.476 e. The van der Waals surface area contributed by atoms with Crippen molar-refractivity contribution in [1.82, 2.24) is 4.98 Å². The van der Waals surface area contributed by atoms with Crippen LogP contribution in [0.25, 0.3) is 11.1 Å². The number of nitrogens with zero attached hydrogens (tertiary/aromatic N) is 1. The summed E-state index contributed by atoms with van der Waals surface area (Å²) in [5, 5.41) is 9.01. The first-order valence-corrected chi connectivity index (χ1v) is 4.96. The molecule has 1 aromatic heterocycles. The number of carboxylic acids is 1. The number of hydrogen-bond acceptors (Lipinski definition) is 3. The molecule has 84 valence electrons. The maximum atomic E-state index is 11.0. The van der Waals surface area contributed by atoms with Crippen LogP contribution in [-0.4, -0.2) is 22.3 Å². The highest BCUT2D eigenvalue weighted by molar-refractivity contribution is 5.94. The highest BCUT2D eigenvalue weighted by Gasteiger charge is 2.12. The summed E-state index contributed by atoms with van der Waals surface area (Å²) in [4.78, 5) is 25.4. The Hall–Kier alpha value is -2.49. The van der Waals surface area contributed by atoms with Gasteiger partial charge in [-0.15, -0.1) is 0 Å². The van der Waals surface area contributed by atoms with Crippen molar-refractivity contribution >= 4 is 12.3 Å². The fraction of sp³-hybridized carbons (Fsp3) is 0. The topological polar surface area (TPSA) is 67.3 Å². The Balaban J connectivity index is 2.52. The fourth-order valence-corrected chi connectivity index (χ4v) is 1.55. The van der Waals surface area contributed by atoms with Gasteiger partial charge in [0.1, 0.15) is 6.29 Å². The van der Waals surface area contributed by atoms with Crippen molar-refractivity contribution in [3.05, 3.63) is 53.9 Å². The molecule has 0 amide bonds. The van der Waals surface area contributed by atoms with E-state index in [1.54, 1.807) is 36.4 Å². The van der Waals surface area contributed by atoms with Gasteiger partial charge in [-0.3, -0.25) is 4.79 Å². The lowest BCUT2D eigenvalue weighted by Gasteiger charge is -2.04. The predicted molar refractivity (Wildman–Crippen MR) is 62.0 cm³/mol. The number of carbonyl (C=O) groups is 2. The Bertz CT molecular complexity index is 561. The first-order valence-electron chi connectivity index (χ1n) is 4.96. The third-order valence-corrected chi connectivity index (χ3v) is 2.37. The summed E-state index contributed by atoms with van der Waals surface area (Å²) in [5.41, 5.74) is 1.82. The largest absolute Gasteiger partial charge is 0.476 e. The van der Waals surface area contributed by atoms with E-state index in [1.165, 1.54) is 6.20 Å². The van der Waals surface area contributed by atoms with E-state index in [-0.39, 0.29) is 5.69 Å². The lowest BCUT2D eigenvalue weighted by atomic mass is 10.0. The minimum absolute atomic E-state index is 0.00588. The van der Waals surface area contributed by atoms with Crippen LogP contribution < -0.4 is 0 Å². The van der Waals surface area contributed by atoms with Gasteiger partial charge < -0.3 is 5.11 Å². The van der Waals surface area contributed by atoms with E-state index in [4.69, 9.17) is 5.11 Å². The fourth-order valence-electron chi connectivity index (χ4n) is 1.55. The molecule has 2 rings (SSSR count). The molecular formula is C13H9NO3. The number of carboxylic acid groups (broad SMARTS) is 1. The second-order valence-corrected chi connectivity index (χ2v) is 3.44. The molecular weight excluding hydrogens is 218 g/mol. The number of rotatable bonds is 3. The van der Waals surface area contributed by atoms with Crippen LogP contribution in [0, 0.1) is 0 Å². The second kappa shape index (κ2) is 4.57. The molecule has 0 spiro atoms. The standard InChI is InChI=1S/C13H9NO3/c15-8-9-3-5-10(6-4-9)11-2-1-7-14-12(11)13(16)17/h1-8H,(H,16,17). The van der Waals surface area contributed by atoms with Gasteiger partial charge in [-0.2, -0.15) is 0 Å². The molecule has 4 nitrogen and oxygen atoms in total. The third-order valence-electron chi connectivity index (χ3n) is 2.37. The van der Waals surface area contributed by atoms with E-state index < -0.39 is 5.97 Å². The summed E-state index contributed by atoms with van der Waals surface area (Å²) >= 11 is 0. The minimum atomic E-state index is -1.07. The van der Waals surface area contributed by atoms with Crippen LogP contribution in [0.3, 0.4) is 0 Å². The molecule has 0 aliphatic rings. The smallest absolute Gasteiger partial charge is 0.355 e. The zero-order valence-corrected chi connectivity index (χ0v) is 8.83. The number of aldehydes is 1. The Morgan fingerprint density at radius 2 is 1.88 bits per heavy atom. The average molecular weight is 227 g/mol. The molecule has 1 aromatic carbocycles. The van der Waals surface area contributed by atoms with Crippen LogP contribution in [-0.2, 0) is 0 Å². The molecule has 2 aromatic rings. The molecule has 0 unspecified atom stereocenters. The molecule has 0 aliphatic carbocycles. The van der Waals surface area contributed by atoms with Crippen molar-refractivity contribution in [2.45, 2.75) is 0 Å². The van der Waals surface area contributed by atoms with Crippen molar-refractivity contribution in [3.8, 4) is 11.1 Å². The molecule has 0 saturated carbocycles. The van der Waals surface area contributed by atoms with Gasteiger partial charge >= 0.3 is 5.97 Å². The van der Waals surface area contributed by atoms with Gasteiger partial charge in [-0.25, -0.2) is 9.78 Å². The monoisotopic (exact) mass is 227 g/mol. The number of carbonyl (C=O) groups excluding carboxylic acids is 1. The molecule has 0 radical (unpaired) electrons. The van der Waals surface area contributed by atoms with Crippen LogP contribution in [0.2, 0.25) is 0 Å². The first-order chi connectivity index (χ1) is 8.22. The van der Waals surface area contributed by atoms with Crippen molar-refractivity contribution in [2.24, 2.45) is 0 Å². The van der Waals surface area contributed by atoms with E-state index in [1.807, 2.05) is 0 Å². The summed E-state index contributed by atoms with van der Waals surface area (Å²) in [6.45, 7) is 0. The van der Waals surface area contributed by atoms with Crippen molar-refractivity contribution < 1.29 is 14.7 Å². The van der Waals surface area contributed by atoms with Crippen LogP contribution in [0.5, 0.6) is 0 Å². The molecule has 0 atom stereocenters. The zero-order valence-electron chi connectivity index (χ0n) is 8.83. The van der Waals surface area contributed by atoms with E-state index in [0.717, 1.165) is 11.8 Å². The summed E-state index contributed by atoms with van der Waals surface area (Å²) in [5.74, 6) is -1.07. The number of benzene rings is 1. The normalized spacial score (nSPS) is 9.88. The molecule has 0 saturated heterocycles. The Morgan fingerprint density at radius 1 is 1.18 bits per heavy atom. The van der Waals surface area contributed by atoms with Crippen LogP contribution in [0.15, 0.2) is 42.6 Å². The highest BCUT2D eigenvalue weighted by Crippen LogP contribution is 2.22. The van der Waals surface area contributed by atoms with Gasteiger partial charge in [0.25, 0.3) is 0 Å². The Labute approximate surface area is 97.6 Å². The number of pyridine rings is 1. The van der Waals surface area contributed by atoms with E-state index >= 15 is 0 Å². The maximum absolute atomic E-state index is 11.0. The maximum Gasteiger partial charge on any atom is 0.355 e. The lowest BCUT2D eigenvalue weighted by Crippen LogP contribution is -2.02. The van der Waals surface area contributed by atoms with Crippen LogP contribution in [0.4, 0.5) is 0 Å². The molecule has 0 fully saturated rings. The van der Waals surface area contributed by atoms with E-state index in [2.05, 4.69) is 4.98 Å². The van der Waals surface area contributed by atoms with E-state index in [9.17, 15) is 9.59 Å². The molecule has 4 heteroatoms. The lowest BCUT2D eigenvalue weighted by molar-refractivity contribution is 0.0691. The molecule has 17 heavy (non-hydrogen) atoms. The number of aromatic nitrogens is 1. The summed E-state index contributed by atoms with van der Waals surface area (Å²) in [6, 6.07) is 10.0. The quantitative estimate of drug-likeness (QED) is 0.816. The molecule has 1 N–H and O–H groups in total. The third kappa shape index (κ3) is 2.20. The number of aromatic carboxylic acids is 1. The van der Waals surface area contributed by atoms with Gasteiger partial charge in [0.15, 0.2) is 5.69 Å². The van der Waals surface area contributed by atoms with Crippen molar-refractivity contribution in [2.75, 3.05) is 0 Å². The van der Waals surface area contributed by atoms with Gasteiger partial charge in [-0.05, 0) is 11.6 Å². The van der Waals surface area contributed by atoms with Crippen molar-refractivity contribution in [3.63, 3.8) is 0 Å². The number of hydrogen-bond donors (Lipinski definition) is 1. The molecule has 0 bridgehead atoms. The van der Waals surface area contributed by atoms with Gasteiger partial charge in [0.2, 0.25) is 0 Å². The Morgan fingerprint density at radius 3 is 2.47 bits per heavy atom. The van der Waals surface area contributed by atoms with Crippen LogP contribution in [0.1, 0.15) is 20.8 Å². The predicted octanol–water partition coefficient (Wildman–Crippen LogP) is 2.26. The van der Waals surface area contributed by atoms with Gasteiger partial charge in [0, 0.05) is 17.3 Å². The molecule has 0 aliphatic heterocycles. The Kier molecular flexibility index (Phi) is 2.96. The summed E-state index contributed by atoms with van der Waals surface area (Å²) in [7, 11) is 0. The van der Waals surface area contributed by atoms with Gasteiger partial charge in [0.05, 0.1) is 0 Å². The van der Waals surface area contributed by atoms with Gasteiger partial charge in [-0.1, -0.05) is 30.3 Å². The highest BCUT2D eigenvalue weighted by atomic mass is 16.4.